The molecule has 3 rings (SSSR count). The van der Waals surface area contributed by atoms with E-state index >= 15 is 0 Å². The summed E-state index contributed by atoms with van der Waals surface area (Å²) in [4.78, 5) is 4.45. The molecule has 0 bridgehead atoms. The SMILES string of the molecule is O=S(=O)([O-])N1CC(c2ccccc2)=Nc2ccccc21.[Na+]. The van der Waals surface area contributed by atoms with E-state index < -0.39 is 10.3 Å². The van der Waals surface area contributed by atoms with Gasteiger partial charge in [0.15, 0.2) is 10.3 Å². The van der Waals surface area contributed by atoms with Crippen LogP contribution in [0.2, 0.25) is 0 Å². The molecule has 0 radical (unpaired) electrons. The van der Waals surface area contributed by atoms with Crippen molar-refractivity contribution in [2.24, 2.45) is 4.99 Å². The minimum atomic E-state index is -4.58. The third-order valence-electron chi connectivity index (χ3n) is 3.08. The van der Waals surface area contributed by atoms with Crippen LogP contribution in [0.5, 0.6) is 0 Å². The first-order valence-corrected chi connectivity index (χ1v) is 7.38. The number of aliphatic imine (C=N–C) groups is 1. The monoisotopic (exact) mass is 310 g/mol. The van der Waals surface area contributed by atoms with Crippen LogP contribution in [0.1, 0.15) is 5.56 Å². The smallest absolute Gasteiger partial charge is 0.731 e. The van der Waals surface area contributed by atoms with Gasteiger partial charge in [-0.2, -0.15) is 0 Å². The van der Waals surface area contributed by atoms with Crippen LogP contribution >= 0.6 is 0 Å². The number of fused-ring (bicyclic) bond motifs is 1. The maximum Gasteiger partial charge on any atom is 1.00 e. The summed E-state index contributed by atoms with van der Waals surface area (Å²) in [5.74, 6) is 0. The molecule has 0 unspecified atom stereocenters. The zero-order chi connectivity index (χ0) is 14.2. The Kier molecular flexibility index (Phi) is 4.85. The fourth-order valence-corrected chi connectivity index (χ4v) is 2.83. The van der Waals surface area contributed by atoms with Gasteiger partial charge in [-0.15, -0.1) is 0 Å². The molecule has 0 amide bonds. The van der Waals surface area contributed by atoms with E-state index in [1.165, 1.54) is 0 Å². The Hall–Kier alpha value is -1.18. The van der Waals surface area contributed by atoms with Crippen molar-refractivity contribution in [1.29, 1.82) is 0 Å². The second-order valence-electron chi connectivity index (χ2n) is 4.38. The van der Waals surface area contributed by atoms with Gasteiger partial charge < -0.3 is 4.55 Å². The zero-order valence-corrected chi connectivity index (χ0v) is 14.2. The molecule has 21 heavy (non-hydrogen) atoms. The summed E-state index contributed by atoms with van der Waals surface area (Å²) in [5.41, 5.74) is 2.17. The molecule has 1 heterocycles. The normalized spacial score (nSPS) is 14.0. The van der Waals surface area contributed by atoms with E-state index in [9.17, 15) is 13.0 Å². The summed E-state index contributed by atoms with van der Waals surface area (Å²) in [7, 11) is -4.58. The molecular weight excluding hydrogens is 299 g/mol. The van der Waals surface area contributed by atoms with Crippen molar-refractivity contribution in [2.45, 2.75) is 0 Å². The van der Waals surface area contributed by atoms with Crippen molar-refractivity contribution in [3.8, 4) is 0 Å². The molecule has 1 aliphatic heterocycles. The van der Waals surface area contributed by atoms with E-state index in [-0.39, 0.29) is 36.1 Å². The molecule has 102 valence electrons. The number of nitrogens with zero attached hydrogens (tertiary/aromatic N) is 2. The van der Waals surface area contributed by atoms with E-state index in [2.05, 4.69) is 4.99 Å². The fraction of sp³-hybridized carbons (Fsp3) is 0.0714. The van der Waals surface area contributed by atoms with Crippen molar-refractivity contribution >= 4 is 27.4 Å². The molecule has 1 aliphatic rings. The fourth-order valence-electron chi connectivity index (χ4n) is 2.16. The van der Waals surface area contributed by atoms with Gasteiger partial charge >= 0.3 is 29.6 Å². The maximum absolute atomic E-state index is 11.4. The second-order valence-corrected chi connectivity index (χ2v) is 5.67. The molecule has 5 nitrogen and oxygen atoms in total. The molecule has 7 heteroatoms. The Morgan fingerprint density at radius 2 is 1.62 bits per heavy atom. The van der Waals surface area contributed by atoms with E-state index in [4.69, 9.17) is 0 Å². The number of anilines is 1. The van der Waals surface area contributed by atoms with Crippen LogP contribution in [0.15, 0.2) is 59.6 Å². The van der Waals surface area contributed by atoms with Crippen molar-refractivity contribution in [1.82, 2.24) is 0 Å². The van der Waals surface area contributed by atoms with E-state index in [0.717, 1.165) is 9.87 Å². The minimum Gasteiger partial charge on any atom is -0.731 e. The molecule has 2 aromatic carbocycles. The molecule has 0 N–H and O–H groups in total. The molecule has 0 spiro atoms. The molecule has 0 aliphatic carbocycles. The first-order chi connectivity index (χ1) is 9.55. The minimum absolute atomic E-state index is 0. The summed E-state index contributed by atoms with van der Waals surface area (Å²) in [6.07, 6.45) is 0. The van der Waals surface area contributed by atoms with Crippen LogP contribution in [0.3, 0.4) is 0 Å². The van der Waals surface area contributed by atoms with E-state index in [1.807, 2.05) is 30.3 Å². The van der Waals surface area contributed by atoms with Gasteiger partial charge in [0.25, 0.3) is 0 Å². The van der Waals surface area contributed by atoms with Crippen LogP contribution in [0, 0.1) is 0 Å². The van der Waals surface area contributed by atoms with Crippen LogP contribution < -0.4 is 33.9 Å². The molecule has 0 saturated carbocycles. The Labute approximate surface area is 145 Å². The predicted octanol–water partition coefficient (Wildman–Crippen LogP) is -0.908. The van der Waals surface area contributed by atoms with E-state index in [0.29, 0.717) is 17.1 Å². The maximum atomic E-state index is 11.4. The Balaban J connectivity index is 0.00000161. The average molecular weight is 310 g/mol. The molecule has 0 saturated heterocycles. The standard InChI is InChI=1S/C14H12N2O3S.Na/c17-20(18,19)16-10-13(11-6-2-1-3-7-11)15-12-8-4-5-9-14(12)16;/h1-9H,10H2,(H,17,18,19);/q;+1/p-1. The predicted molar refractivity (Wildman–Crippen MR) is 76.1 cm³/mol. The summed E-state index contributed by atoms with van der Waals surface area (Å²) in [5, 5.41) is 0. The van der Waals surface area contributed by atoms with Gasteiger partial charge in [-0.25, -0.2) is 13.4 Å². The summed E-state index contributed by atoms with van der Waals surface area (Å²) >= 11 is 0. The van der Waals surface area contributed by atoms with Gasteiger partial charge in [0, 0.05) is 0 Å². The topological polar surface area (TPSA) is 72.8 Å². The number of hydrogen-bond donors (Lipinski definition) is 0. The van der Waals surface area contributed by atoms with Gasteiger partial charge in [0.05, 0.1) is 23.6 Å². The van der Waals surface area contributed by atoms with Gasteiger partial charge in [-0.05, 0) is 17.7 Å². The van der Waals surface area contributed by atoms with Gasteiger partial charge in [0.1, 0.15) is 0 Å². The van der Waals surface area contributed by atoms with Crippen molar-refractivity contribution in [3.63, 3.8) is 0 Å². The molecule has 0 aromatic heterocycles. The summed E-state index contributed by atoms with van der Waals surface area (Å²) in [6, 6.07) is 15.9. The molecule has 2 aromatic rings. The van der Waals surface area contributed by atoms with Crippen LogP contribution in [-0.4, -0.2) is 25.2 Å². The van der Waals surface area contributed by atoms with Crippen LogP contribution in [0.4, 0.5) is 11.4 Å². The molecular formula is C14H11N2NaO3S. The third kappa shape index (κ3) is 3.36. The number of benzene rings is 2. The average Bonchev–Trinajstić information content (AvgIpc) is 2.46. The Bertz CT molecular complexity index is 776. The molecule has 0 atom stereocenters. The van der Waals surface area contributed by atoms with Crippen LogP contribution in [0.25, 0.3) is 0 Å². The number of hydrogen-bond acceptors (Lipinski definition) is 4. The van der Waals surface area contributed by atoms with Crippen molar-refractivity contribution in [2.75, 3.05) is 10.8 Å². The quantitative estimate of drug-likeness (QED) is 0.532. The summed E-state index contributed by atoms with van der Waals surface area (Å²) < 4.78 is 35.2. The van der Waals surface area contributed by atoms with Crippen molar-refractivity contribution < 1.29 is 42.5 Å². The van der Waals surface area contributed by atoms with E-state index in [1.54, 1.807) is 24.3 Å². The summed E-state index contributed by atoms with van der Waals surface area (Å²) in [6.45, 7) is -0.0488. The number of para-hydroxylation sites is 2. The first kappa shape index (κ1) is 16.2. The second kappa shape index (κ2) is 6.29. The largest absolute Gasteiger partial charge is 1.00 e. The molecule has 0 fully saturated rings. The van der Waals surface area contributed by atoms with Crippen LogP contribution in [-0.2, 0) is 10.3 Å². The number of rotatable bonds is 2. The zero-order valence-electron chi connectivity index (χ0n) is 11.4. The van der Waals surface area contributed by atoms with Crippen molar-refractivity contribution in [3.05, 3.63) is 60.2 Å². The Morgan fingerprint density at radius 3 is 2.29 bits per heavy atom. The third-order valence-corrected chi connectivity index (χ3v) is 3.94. The first-order valence-electron chi connectivity index (χ1n) is 6.01. The Morgan fingerprint density at radius 1 is 1.00 bits per heavy atom. The van der Waals surface area contributed by atoms with Gasteiger partial charge in [0.2, 0.25) is 0 Å². The van der Waals surface area contributed by atoms with Gasteiger partial charge in [-0.1, -0.05) is 42.5 Å². The van der Waals surface area contributed by atoms with Gasteiger partial charge in [-0.3, -0.25) is 4.31 Å².